The summed E-state index contributed by atoms with van der Waals surface area (Å²) in [5.41, 5.74) is 1.13. The van der Waals surface area contributed by atoms with Gasteiger partial charge in [0.15, 0.2) is 5.96 Å². The fourth-order valence-corrected chi connectivity index (χ4v) is 1.84. The van der Waals surface area contributed by atoms with E-state index >= 15 is 0 Å². The predicted molar refractivity (Wildman–Crippen MR) is 103 cm³/mol. The van der Waals surface area contributed by atoms with Gasteiger partial charge in [0, 0.05) is 26.7 Å². The first kappa shape index (κ1) is 20.4. The van der Waals surface area contributed by atoms with Crippen LogP contribution in [0.15, 0.2) is 48.0 Å². The Morgan fingerprint density at radius 3 is 2.55 bits per heavy atom. The zero-order valence-corrected chi connectivity index (χ0v) is 15.5. The second kappa shape index (κ2) is 12.0. The maximum absolute atomic E-state index is 12.2. The van der Waals surface area contributed by atoms with Crippen molar-refractivity contribution in [1.82, 2.24) is 15.5 Å². The van der Waals surface area contributed by atoms with Crippen molar-refractivity contribution < 1.29 is 4.79 Å². The van der Waals surface area contributed by atoms with Crippen LogP contribution in [0.5, 0.6) is 0 Å². The monoisotopic (exact) mass is 416 g/mol. The number of hydrogen-bond donors (Lipinski definition) is 2. The number of nitrogens with one attached hydrogen (secondary N) is 2. The Bertz CT molecular complexity index is 476. The lowest BCUT2D eigenvalue weighted by molar-refractivity contribution is -0.130. The average Bonchev–Trinajstić information content (AvgIpc) is 2.53. The fraction of sp³-hybridized carbons (Fsp3) is 0.375. The number of amides is 1. The van der Waals surface area contributed by atoms with E-state index < -0.39 is 0 Å². The lowest BCUT2D eigenvalue weighted by Gasteiger charge is -2.22. The third kappa shape index (κ3) is 7.44. The van der Waals surface area contributed by atoms with E-state index in [0.29, 0.717) is 25.6 Å². The lowest BCUT2D eigenvalue weighted by atomic mass is 10.2. The summed E-state index contributed by atoms with van der Waals surface area (Å²) < 4.78 is 0. The SMILES string of the molecule is C=CCNC(=NC)NCC(=O)N(CC)Cc1ccccc1.I. The third-order valence-electron chi connectivity index (χ3n) is 3.00. The molecule has 1 aromatic rings. The Balaban J connectivity index is 0.00000441. The van der Waals surface area contributed by atoms with Gasteiger partial charge in [0.2, 0.25) is 5.91 Å². The molecule has 0 heterocycles. The van der Waals surface area contributed by atoms with Gasteiger partial charge in [-0.25, -0.2) is 0 Å². The minimum Gasteiger partial charge on any atom is -0.353 e. The lowest BCUT2D eigenvalue weighted by Crippen LogP contribution is -2.44. The first-order valence-electron chi connectivity index (χ1n) is 7.08. The van der Waals surface area contributed by atoms with Gasteiger partial charge in [-0.05, 0) is 12.5 Å². The van der Waals surface area contributed by atoms with E-state index in [1.165, 1.54) is 0 Å². The molecule has 1 amide bonds. The largest absolute Gasteiger partial charge is 0.353 e. The van der Waals surface area contributed by atoms with Crippen LogP contribution < -0.4 is 10.6 Å². The molecule has 0 fully saturated rings. The zero-order valence-electron chi connectivity index (χ0n) is 13.2. The van der Waals surface area contributed by atoms with Crippen molar-refractivity contribution in [3.8, 4) is 0 Å². The predicted octanol–water partition coefficient (Wildman–Crippen LogP) is 2.00. The van der Waals surface area contributed by atoms with Gasteiger partial charge < -0.3 is 15.5 Å². The highest BCUT2D eigenvalue weighted by molar-refractivity contribution is 14.0. The first-order valence-corrected chi connectivity index (χ1v) is 7.08. The van der Waals surface area contributed by atoms with Crippen LogP contribution in [0.2, 0.25) is 0 Å². The molecular formula is C16H25IN4O. The molecule has 0 bridgehead atoms. The van der Waals surface area contributed by atoms with E-state index in [1.54, 1.807) is 13.1 Å². The third-order valence-corrected chi connectivity index (χ3v) is 3.00. The Kier molecular flexibility index (Phi) is 11.2. The number of carbonyl (C=O) groups excluding carboxylic acids is 1. The molecule has 0 saturated heterocycles. The van der Waals surface area contributed by atoms with Crippen LogP contribution in [0.25, 0.3) is 0 Å². The van der Waals surface area contributed by atoms with Crippen molar-refractivity contribution in [1.29, 1.82) is 0 Å². The maximum atomic E-state index is 12.2. The number of hydrogen-bond acceptors (Lipinski definition) is 2. The van der Waals surface area contributed by atoms with Crippen LogP contribution in [0.4, 0.5) is 0 Å². The first-order chi connectivity index (χ1) is 10.2. The Labute approximate surface area is 149 Å². The van der Waals surface area contributed by atoms with Gasteiger partial charge in [-0.1, -0.05) is 36.4 Å². The van der Waals surface area contributed by atoms with Crippen molar-refractivity contribution in [3.63, 3.8) is 0 Å². The van der Waals surface area contributed by atoms with Gasteiger partial charge in [-0.3, -0.25) is 9.79 Å². The van der Waals surface area contributed by atoms with Crippen LogP contribution in [0, 0.1) is 0 Å². The van der Waals surface area contributed by atoms with Crippen molar-refractivity contribution in [2.75, 3.05) is 26.7 Å². The molecule has 0 spiro atoms. The molecule has 6 heteroatoms. The summed E-state index contributed by atoms with van der Waals surface area (Å²) in [5, 5.41) is 6.04. The molecule has 0 unspecified atom stereocenters. The van der Waals surface area contributed by atoms with Crippen molar-refractivity contribution in [3.05, 3.63) is 48.6 Å². The van der Waals surface area contributed by atoms with Crippen molar-refractivity contribution >= 4 is 35.8 Å². The quantitative estimate of drug-likeness (QED) is 0.310. The molecule has 2 N–H and O–H groups in total. The minimum atomic E-state index is 0. The molecule has 22 heavy (non-hydrogen) atoms. The summed E-state index contributed by atoms with van der Waals surface area (Å²) in [5.74, 6) is 0.641. The van der Waals surface area contributed by atoms with Gasteiger partial charge >= 0.3 is 0 Å². The number of halogens is 1. The molecule has 0 aliphatic rings. The van der Waals surface area contributed by atoms with Gasteiger partial charge in [-0.2, -0.15) is 0 Å². The van der Waals surface area contributed by atoms with Crippen LogP contribution >= 0.6 is 24.0 Å². The number of likely N-dealkylation sites (N-methyl/N-ethyl adjacent to an activating group) is 1. The molecule has 0 aliphatic heterocycles. The molecule has 0 radical (unpaired) electrons. The van der Waals surface area contributed by atoms with E-state index in [9.17, 15) is 4.79 Å². The summed E-state index contributed by atoms with van der Waals surface area (Å²) in [6.07, 6.45) is 1.74. The normalized spacial score (nSPS) is 10.4. The highest BCUT2D eigenvalue weighted by atomic mass is 127. The van der Waals surface area contributed by atoms with Crippen LogP contribution in [0.1, 0.15) is 12.5 Å². The number of carbonyl (C=O) groups is 1. The van der Waals surface area contributed by atoms with E-state index in [2.05, 4.69) is 22.2 Å². The van der Waals surface area contributed by atoms with E-state index in [-0.39, 0.29) is 36.4 Å². The summed E-state index contributed by atoms with van der Waals surface area (Å²) in [6.45, 7) is 7.73. The van der Waals surface area contributed by atoms with Crippen molar-refractivity contribution in [2.45, 2.75) is 13.5 Å². The number of aliphatic imine (C=N–C) groups is 1. The number of rotatable bonds is 7. The molecule has 0 aliphatic carbocycles. The summed E-state index contributed by atoms with van der Waals surface area (Å²) >= 11 is 0. The van der Waals surface area contributed by atoms with E-state index in [1.807, 2.05) is 42.2 Å². The molecule has 0 atom stereocenters. The summed E-state index contributed by atoms with van der Waals surface area (Å²) in [6, 6.07) is 9.97. The average molecular weight is 416 g/mol. The van der Waals surface area contributed by atoms with E-state index in [4.69, 9.17) is 0 Å². The molecular weight excluding hydrogens is 391 g/mol. The fourth-order valence-electron chi connectivity index (χ4n) is 1.84. The number of guanidine groups is 1. The standard InChI is InChI=1S/C16H24N4O.HI/c1-4-11-18-16(17-3)19-12-15(21)20(5-2)13-14-9-7-6-8-10-14;/h4,6-10H,1,5,11-13H2,2-3H3,(H2,17,18,19);1H. The smallest absolute Gasteiger partial charge is 0.242 e. The molecule has 122 valence electrons. The Morgan fingerprint density at radius 2 is 2.00 bits per heavy atom. The van der Waals surface area contributed by atoms with Crippen molar-refractivity contribution in [2.24, 2.45) is 4.99 Å². The van der Waals surface area contributed by atoms with Gasteiger partial charge in [-0.15, -0.1) is 30.6 Å². The summed E-state index contributed by atoms with van der Waals surface area (Å²) in [7, 11) is 1.67. The van der Waals surface area contributed by atoms with Gasteiger partial charge in [0.05, 0.1) is 6.54 Å². The van der Waals surface area contributed by atoms with Crippen LogP contribution in [-0.2, 0) is 11.3 Å². The van der Waals surface area contributed by atoms with Gasteiger partial charge in [0.25, 0.3) is 0 Å². The second-order valence-electron chi connectivity index (χ2n) is 4.49. The molecule has 1 aromatic carbocycles. The summed E-state index contributed by atoms with van der Waals surface area (Å²) in [4.78, 5) is 18.1. The van der Waals surface area contributed by atoms with Gasteiger partial charge in [0.1, 0.15) is 0 Å². The Morgan fingerprint density at radius 1 is 1.32 bits per heavy atom. The maximum Gasteiger partial charge on any atom is 0.242 e. The molecule has 5 nitrogen and oxygen atoms in total. The molecule has 1 rings (SSSR count). The highest BCUT2D eigenvalue weighted by Gasteiger charge is 2.12. The Hall–Kier alpha value is -1.57. The number of nitrogens with zero attached hydrogens (tertiary/aromatic N) is 2. The molecule has 0 saturated carbocycles. The highest BCUT2D eigenvalue weighted by Crippen LogP contribution is 2.04. The zero-order chi connectivity index (χ0) is 15.5. The topological polar surface area (TPSA) is 56.7 Å². The minimum absolute atomic E-state index is 0. The molecule has 0 aromatic heterocycles. The number of benzene rings is 1. The van der Waals surface area contributed by atoms with E-state index in [0.717, 1.165) is 5.56 Å². The van der Waals surface area contributed by atoms with Crippen LogP contribution in [0.3, 0.4) is 0 Å². The van der Waals surface area contributed by atoms with Crippen LogP contribution in [-0.4, -0.2) is 43.4 Å². The second-order valence-corrected chi connectivity index (χ2v) is 4.49.